The average Bonchev–Trinajstić information content (AvgIpc) is 2.94. The molecule has 0 bridgehead atoms. The van der Waals surface area contributed by atoms with Crippen molar-refractivity contribution in [2.24, 2.45) is 0 Å². The van der Waals surface area contributed by atoms with Crippen LogP contribution in [0.3, 0.4) is 0 Å². The standard InChI is InChI=1S/C16H17F2N3O5S/c1-10(22)19-8-12-9-21(16(23)26-12)11-6-13(17)15(14(18)7-11)20-2-4-27(24,25)5-3-20/h2,4,6-7,12H,3,5,8-9H2,1H3,(H,19,22)/t12-/m0/s1. The number of rotatable bonds is 4. The smallest absolute Gasteiger partial charge is 0.414 e. The molecular weight excluding hydrogens is 384 g/mol. The molecule has 2 heterocycles. The van der Waals surface area contributed by atoms with Gasteiger partial charge in [0, 0.05) is 37.2 Å². The van der Waals surface area contributed by atoms with E-state index in [4.69, 9.17) is 4.74 Å². The summed E-state index contributed by atoms with van der Waals surface area (Å²) in [5, 5.41) is 3.40. The molecule has 0 aliphatic carbocycles. The second-order valence-corrected chi connectivity index (χ2v) is 8.16. The first-order valence-electron chi connectivity index (χ1n) is 8.05. The van der Waals surface area contributed by atoms with Crippen LogP contribution in [0, 0.1) is 11.6 Å². The monoisotopic (exact) mass is 401 g/mol. The number of cyclic esters (lactones) is 1. The van der Waals surface area contributed by atoms with Crippen LogP contribution < -0.4 is 15.1 Å². The van der Waals surface area contributed by atoms with Crippen molar-refractivity contribution in [1.29, 1.82) is 0 Å². The highest BCUT2D eigenvalue weighted by molar-refractivity contribution is 7.94. The third-order valence-corrected chi connectivity index (χ3v) is 5.41. The van der Waals surface area contributed by atoms with Gasteiger partial charge in [0.1, 0.15) is 11.8 Å². The number of sulfone groups is 1. The Labute approximate surface area is 154 Å². The number of carbonyl (C=O) groups is 2. The van der Waals surface area contributed by atoms with E-state index in [0.29, 0.717) is 0 Å². The Morgan fingerprint density at radius 1 is 1.33 bits per heavy atom. The third-order valence-electron chi connectivity index (χ3n) is 4.12. The largest absolute Gasteiger partial charge is 0.442 e. The van der Waals surface area contributed by atoms with E-state index < -0.39 is 39.4 Å². The van der Waals surface area contributed by atoms with Crippen molar-refractivity contribution in [2.45, 2.75) is 13.0 Å². The summed E-state index contributed by atoms with van der Waals surface area (Å²) in [6.45, 7) is 1.35. The Morgan fingerprint density at radius 2 is 2.00 bits per heavy atom. The number of halogens is 2. The molecule has 8 nitrogen and oxygen atoms in total. The average molecular weight is 401 g/mol. The highest BCUT2D eigenvalue weighted by Crippen LogP contribution is 2.32. The van der Waals surface area contributed by atoms with Gasteiger partial charge in [-0.2, -0.15) is 0 Å². The minimum Gasteiger partial charge on any atom is -0.442 e. The number of hydrogen-bond donors (Lipinski definition) is 1. The molecule has 1 aromatic rings. The van der Waals surface area contributed by atoms with Gasteiger partial charge in [-0.05, 0) is 0 Å². The molecule has 0 aromatic heterocycles. The molecule has 1 saturated heterocycles. The fourth-order valence-corrected chi connectivity index (χ4v) is 3.72. The molecule has 1 fully saturated rings. The van der Waals surface area contributed by atoms with Crippen LogP contribution in [0.1, 0.15) is 6.92 Å². The predicted octanol–water partition coefficient (Wildman–Crippen LogP) is 1.13. The van der Waals surface area contributed by atoms with Crippen molar-refractivity contribution in [3.05, 3.63) is 35.4 Å². The molecule has 1 N–H and O–H groups in total. The number of benzene rings is 1. The molecule has 146 valence electrons. The molecule has 27 heavy (non-hydrogen) atoms. The summed E-state index contributed by atoms with van der Waals surface area (Å²) < 4.78 is 56.9. The minimum atomic E-state index is -3.36. The lowest BCUT2D eigenvalue weighted by molar-refractivity contribution is -0.119. The molecule has 2 amide bonds. The van der Waals surface area contributed by atoms with Gasteiger partial charge in [-0.3, -0.25) is 9.69 Å². The van der Waals surface area contributed by atoms with Gasteiger partial charge in [-0.1, -0.05) is 0 Å². The zero-order valence-electron chi connectivity index (χ0n) is 14.3. The zero-order chi connectivity index (χ0) is 19.8. The maximum absolute atomic E-state index is 14.5. The van der Waals surface area contributed by atoms with E-state index in [9.17, 15) is 26.8 Å². The molecule has 0 saturated carbocycles. The summed E-state index contributed by atoms with van der Waals surface area (Å²) in [7, 11) is -3.36. The van der Waals surface area contributed by atoms with E-state index in [2.05, 4.69) is 5.32 Å². The molecule has 0 radical (unpaired) electrons. The van der Waals surface area contributed by atoms with E-state index in [1.807, 2.05) is 0 Å². The molecule has 2 aliphatic heterocycles. The van der Waals surface area contributed by atoms with Crippen molar-refractivity contribution >= 4 is 33.2 Å². The van der Waals surface area contributed by atoms with Gasteiger partial charge in [0.15, 0.2) is 21.5 Å². The first kappa shape index (κ1) is 19.1. The Balaban J connectivity index is 1.81. The fourth-order valence-electron chi connectivity index (χ4n) is 2.80. The topological polar surface area (TPSA) is 96.0 Å². The van der Waals surface area contributed by atoms with Crippen LogP contribution in [0.25, 0.3) is 0 Å². The molecule has 3 rings (SSSR count). The Hall–Kier alpha value is -2.69. The molecule has 1 aromatic carbocycles. The predicted molar refractivity (Wildman–Crippen MR) is 92.9 cm³/mol. The Kier molecular flexibility index (Phi) is 5.05. The molecular formula is C16H17F2N3O5S. The maximum atomic E-state index is 14.5. The van der Waals surface area contributed by atoms with E-state index in [0.717, 1.165) is 33.5 Å². The lowest BCUT2D eigenvalue weighted by atomic mass is 10.2. The van der Waals surface area contributed by atoms with Crippen LogP contribution in [0.4, 0.5) is 25.0 Å². The van der Waals surface area contributed by atoms with Crippen LogP contribution in [-0.4, -0.2) is 51.9 Å². The summed E-state index contributed by atoms with van der Waals surface area (Å²) in [5.41, 5.74) is -0.426. The van der Waals surface area contributed by atoms with E-state index in [-0.39, 0.29) is 37.0 Å². The fraction of sp³-hybridized carbons (Fsp3) is 0.375. The molecule has 0 unspecified atom stereocenters. The van der Waals surface area contributed by atoms with Gasteiger partial charge >= 0.3 is 6.09 Å². The zero-order valence-corrected chi connectivity index (χ0v) is 15.1. The summed E-state index contributed by atoms with van der Waals surface area (Å²) in [6, 6.07) is 1.97. The number of nitrogens with one attached hydrogen (secondary N) is 1. The second kappa shape index (κ2) is 7.14. The van der Waals surface area contributed by atoms with Crippen molar-refractivity contribution in [3.63, 3.8) is 0 Å². The lowest BCUT2D eigenvalue weighted by Gasteiger charge is -2.25. The highest BCUT2D eigenvalue weighted by Gasteiger charge is 2.34. The van der Waals surface area contributed by atoms with Crippen molar-refractivity contribution < 1.29 is 31.5 Å². The van der Waals surface area contributed by atoms with Gasteiger partial charge in [0.2, 0.25) is 5.91 Å². The van der Waals surface area contributed by atoms with Crippen LogP contribution in [0.15, 0.2) is 23.7 Å². The Bertz CT molecular complexity index is 896. The quantitative estimate of drug-likeness (QED) is 0.813. The van der Waals surface area contributed by atoms with Gasteiger partial charge in [0.25, 0.3) is 0 Å². The van der Waals surface area contributed by atoms with Crippen LogP contribution in [-0.2, 0) is 19.4 Å². The van der Waals surface area contributed by atoms with E-state index >= 15 is 0 Å². The summed E-state index contributed by atoms with van der Waals surface area (Å²) in [5.74, 6) is -2.42. The summed E-state index contributed by atoms with van der Waals surface area (Å²) in [4.78, 5) is 25.1. The van der Waals surface area contributed by atoms with Crippen LogP contribution in [0.5, 0.6) is 0 Å². The number of anilines is 2. The van der Waals surface area contributed by atoms with Gasteiger partial charge in [-0.25, -0.2) is 22.0 Å². The van der Waals surface area contributed by atoms with Crippen molar-refractivity contribution in [2.75, 3.05) is 35.2 Å². The van der Waals surface area contributed by atoms with Crippen LogP contribution >= 0.6 is 0 Å². The number of amides is 2. The second-order valence-electron chi connectivity index (χ2n) is 6.16. The minimum absolute atomic E-state index is 0.0270. The van der Waals surface area contributed by atoms with Gasteiger partial charge in [0.05, 0.1) is 24.5 Å². The first-order valence-corrected chi connectivity index (χ1v) is 9.77. The molecule has 0 spiro atoms. The van der Waals surface area contributed by atoms with Crippen LogP contribution in [0.2, 0.25) is 0 Å². The summed E-state index contributed by atoms with van der Waals surface area (Å²) in [6.07, 6.45) is -0.309. The van der Waals surface area contributed by atoms with Gasteiger partial charge < -0.3 is 15.0 Å². The maximum Gasteiger partial charge on any atom is 0.414 e. The van der Waals surface area contributed by atoms with E-state index in [1.54, 1.807) is 0 Å². The van der Waals surface area contributed by atoms with Crippen molar-refractivity contribution in [1.82, 2.24) is 5.32 Å². The normalized spacial score (nSPS) is 21.3. The molecule has 1 atom stereocenters. The number of hydrogen-bond acceptors (Lipinski definition) is 6. The van der Waals surface area contributed by atoms with Gasteiger partial charge in [-0.15, -0.1) is 0 Å². The lowest BCUT2D eigenvalue weighted by Crippen LogP contribution is -2.33. The number of ether oxygens (including phenoxy) is 1. The van der Waals surface area contributed by atoms with E-state index in [1.165, 1.54) is 6.92 Å². The SMILES string of the molecule is CC(=O)NC[C@H]1CN(c2cc(F)c(N3C=CS(=O)(=O)CC3)c(F)c2)C(=O)O1. The van der Waals surface area contributed by atoms with Crippen molar-refractivity contribution in [3.8, 4) is 0 Å². The molecule has 11 heteroatoms. The third kappa shape index (κ3) is 4.18. The first-order chi connectivity index (χ1) is 12.7. The number of nitrogens with zero attached hydrogens (tertiary/aromatic N) is 2. The summed E-state index contributed by atoms with van der Waals surface area (Å²) >= 11 is 0. The number of carbonyl (C=O) groups excluding carboxylic acids is 2. The highest BCUT2D eigenvalue weighted by atomic mass is 32.2. The Morgan fingerprint density at radius 3 is 2.56 bits per heavy atom. The molecule has 2 aliphatic rings.